The summed E-state index contributed by atoms with van der Waals surface area (Å²) in [6, 6.07) is 7.95. The number of nitrogens with zero attached hydrogens (tertiary/aromatic N) is 2. The summed E-state index contributed by atoms with van der Waals surface area (Å²) in [5.41, 5.74) is -0.164. The van der Waals surface area contributed by atoms with Crippen LogP contribution in [-0.4, -0.2) is 74.2 Å². The number of rotatable bonds is 9. The van der Waals surface area contributed by atoms with E-state index in [0.717, 1.165) is 6.07 Å². The summed E-state index contributed by atoms with van der Waals surface area (Å²) in [5, 5.41) is 13.3. The van der Waals surface area contributed by atoms with Crippen molar-refractivity contribution in [3.8, 4) is 11.5 Å². The summed E-state index contributed by atoms with van der Waals surface area (Å²) in [6.07, 6.45) is 0. The molecule has 2 aromatic rings. The quantitative estimate of drug-likeness (QED) is 0.306. The summed E-state index contributed by atoms with van der Waals surface area (Å²) in [5.74, 6) is -1.25. The van der Waals surface area contributed by atoms with Crippen molar-refractivity contribution in [2.24, 2.45) is 0 Å². The third-order valence-corrected chi connectivity index (χ3v) is 5.19. The van der Waals surface area contributed by atoms with Crippen LogP contribution in [0.4, 0.5) is 11.4 Å². The van der Waals surface area contributed by atoms with Gasteiger partial charge in [0.25, 0.3) is 17.5 Å². The van der Waals surface area contributed by atoms with Crippen LogP contribution in [0.15, 0.2) is 36.4 Å². The topological polar surface area (TPSA) is 147 Å². The van der Waals surface area contributed by atoms with Gasteiger partial charge in [-0.1, -0.05) is 11.6 Å². The molecule has 1 saturated heterocycles. The van der Waals surface area contributed by atoms with Gasteiger partial charge in [-0.15, -0.1) is 0 Å². The molecule has 1 aliphatic rings. The van der Waals surface area contributed by atoms with E-state index in [2.05, 4.69) is 5.32 Å². The third-order valence-electron chi connectivity index (χ3n) is 4.88. The normalized spacial score (nSPS) is 13.0. The number of anilines is 1. The molecule has 2 amide bonds. The van der Waals surface area contributed by atoms with Crippen molar-refractivity contribution in [3.05, 3.63) is 57.1 Å². The lowest BCUT2D eigenvalue weighted by Crippen LogP contribution is -2.43. The maximum Gasteiger partial charge on any atom is 0.338 e. The van der Waals surface area contributed by atoms with Crippen molar-refractivity contribution < 1.29 is 38.3 Å². The van der Waals surface area contributed by atoms with Crippen LogP contribution in [0.3, 0.4) is 0 Å². The monoisotopic (exact) mass is 507 g/mol. The molecule has 0 bridgehead atoms. The summed E-state index contributed by atoms with van der Waals surface area (Å²) in [6.45, 7) is 1.10. The minimum atomic E-state index is -0.809. The minimum Gasteiger partial charge on any atom is -0.493 e. The standard InChI is InChI=1S/C22H22ClN3O9/c1-32-19-10-14(2-5-18(19)34-13-21(28)25-6-8-33-9-7-25)22(29)35-12-20(27)24-15-3-4-16(23)17(11-15)26(30)31/h2-5,10-11H,6-9,12-13H2,1H3,(H,24,27). The fraction of sp³-hybridized carbons (Fsp3) is 0.318. The Hall–Kier alpha value is -3.90. The first kappa shape index (κ1) is 25.7. The van der Waals surface area contributed by atoms with Crippen LogP contribution in [0.2, 0.25) is 5.02 Å². The smallest absolute Gasteiger partial charge is 0.338 e. The maximum absolute atomic E-state index is 12.4. The number of carbonyl (C=O) groups is 3. The summed E-state index contributed by atoms with van der Waals surface area (Å²) in [7, 11) is 1.37. The first-order valence-electron chi connectivity index (χ1n) is 10.4. The van der Waals surface area contributed by atoms with E-state index >= 15 is 0 Å². The van der Waals surface area contributed by atoms with Gasteiger partial charge < -0.3 is 29.2 Å². The largest absolute Gasteiger partial charge is 0.493 e. The van der Waals surface area contributed by atoms with Crippen molar-refractivity contribution >= 4 is 40.8 Å². The predicted molar refractivity (Wildman–Crippen MR) is 123 cm³/mol. The van der Waals surface area contributed by atoms with Crippen molar-refractivity contribution in [1.29, 1.82) is 0 Å². The van der Waals surface area contributed by atoms with Gasteiger partial charge in [-0.2, -0.15) is 0 Å². The van der Waals surface area contributed by atoms with E-state index in [0.29, 0.717) is 26.3 Å². The van der Waals surface area contributed by atoms with Crippen LogP contribution in [0.5, 0.6) is 11.5 Å². The molecule has 0 atom stereocenters. The van der Waals surface area contributed by atoms with E-state index in [1.165, 1.54) is 37.4 Å². The Labute approximate surface area is 204 Å². The molecule has 3 rings (SSSR count). The fourth-order valence-corrected chi connectivity index (χ4v) is 3.29. The molecule has 0 aromatic heterocycles. The van der Waals surface area contributed by atoms with Crippen molar-refractivity contribution in [2.45, 2.75) is 0 Å². The molecule has 0 saturated carbocycles. The lowest BCUT2D eigenvalue weighted by Gasteiger charge is -2.26. The van der Waals surface area contributed by atoms with Gasteiger partial charge in [0.05, 0.1) is 30.8 Å². The molecular weight excluding hydrogens is 486 g/mol. The Morgan fingerprint density at radius 3 is 2.54 bits per heavy atom. The van der Waals surface area contributed by atoms with Crippen LogP contribution in [0.1, 0.15) is 10.4 Å². The molecule has 0 spiro atoms. The molecule has 1 aliphatic heterocycles. The number of benzene rings is 2. The van der Waals surface area contributed by atoms with Gasteiger partial charge in [-0.05, 0) is 30.3 Å². The SMILES string of the molecule is COc1cc(C(=O)OCC(=O)Nc2ccc(Cl)c([N+](=O)[O-])c2)ccc1OCC(=O)N1CCOCC1. The second kappa shape index (κ2) is 12.0. The molecule has 0 unspecified atom stereocenters. The van der Waals surface area contributed by atoms with Gasteiger partial charge in [-0.25, -0.2) is 4.79 Å². The Kier molecular flexibility index (Phi) is 8.81. The van der Waals surface area contributed by atoms with Gasteiger partial charge in [0.2, 0.25) is 0 Å². The Bertz CT molecular complexity index is 1120. The zero-order valence-electron chi connectivity index (χ0n) is 18.7. The van der Waals surface area contributed by atoms with Gasteiger partial charge in [-0.3, -0.25) is 19.7 Å². The van der Waals surface area contributed by atoms with Gasteiger partial charge in [0, 0.05) is 24.8 Å². The Morgan fingerprint density at radius 2 is 1.86 bits per heavy atom. The number of halogens is 1. The van der Waals surface area contributed by atoms with Crippen LogP contribution in [0.25, 0.3) is 0 Å². The van der Waals surface area contributed by atoms with Crippen LogP contribution >= 0.6 is 11.6 Å². The molecule has 1 heterocycles. The third kappa shape index (κ3) is 7.04. The highest BCUT2D eigenvalue weighted by molar-refractivity contribution is 6.32. The van der Waals surface area contributed by atoms with Crippen LogP contribution in [-0.2, 0) is 19.1 Å². The van der Waals surface area contributed by atoms with E-state index in [1.807, 2.05) is 0 Å². The lowest BCUT2D eigenvalue weighted by atomic mass is 10.2. The van der Waals surface area contributed by atoms with Gasteiger partial charge in [0.1, 0.15) is 5.02 Å². The van der Waals surface area contributed by atoms with E-state index < -0.39 is 23.4 Å². The zero-order chi connectivity index (χ0) is 25.4. The molecular formula is C22H22ClN3O9. The molecule has 0 aliphatic carbocycles. The Morgan fingerprint density at radius 1 is 1.11 bits per heavy atom. The number of methoxy groups -OCH3 is 1. The molecule has 186 valence electrons. The molecule has 0 radical (unpaired) electrons. The average Bonchev–Trinajstić information content (AvgIpc) is 2.87. The number of esters is 1. The highest BCUT2D eigenvalue weighted by Gasteiger charge is 2.19. The summed E-state index contributed by atoms with van der Waals surface area (Å²) in [4.78, 5) is 48.6. The summed E-state index contributed by atoms with van der Waals surface area (Å²) >= 11 is 5.74. The van der Waals surface area contributed by atoms with E-state index in [4.69, 9.17) is 30.5 Å². The molecule has 12 nitrogen and oxygen atoms in total. The highest BCUT2D eigenvalue weighted by Crippen LogP contribution is 2.29. The number of nitro groups is 1. The number of hydrogen-bond acceptors (Lipinski definition) is 9. The number of carbonyl (C=O) groups excluding carboxylic acids is 3. The first-order valence-corrected chi connectivity index (χ1v) is 10.7. The van der Waals surface area contributed by atoms with Crippen molar-refractivity contribution in [2.75, 3.05) is 51.9 Å². The van der Waals surface area contributed by atoms with Crippen molar-refractivity contribution in [1.82, 2.24) is 4.90 Å². The van der Waals surface area contributed by atoms with E-state index in [-0.39, 0.29) is 46.0 Å². The average molecular weight is 508 g/mol. The lowest BCUT2D eigenvalue weighted by molar-refractivity contribution is -0.384. The van der Waals surface area contributed by atoms with Crippen LogP contribution < -0.4 is 14.8 Å². The van der Waals surface area contributed by atoms with E-state index in [9.17, 15) is 24.5 Å². The van der Waals surface area contributed by atoms with Crippen molar-refractivity contribution in [3.63, 3.8) is 0 Å². The zero-order valence-corrected chi connectivity index (χ0v) is 19.4. The number of nitro benzene ring substituents is 1. The van der Waals surface area contributed by atoms with Gasteiger partial charge in [0.15, 0.2) is 24.7 Å². The molecule has 2 aromatic carbocycles. The van der Waals surface area contributed by atoms with E-state index in [1.54, 1.807) is 4.90 Å². The number of ether oxygens (including phenoxy) is 4. The fourth-order valence-electron chi connectivity index (χ4n) is 3.10. The first-order chi connectivity index (χ1) is 16.8. The summed E-state index contributed by atoms with van der Waals surface area (Å²) < 4.78 is 21.0. The number of nitrogens with one attached hydrogen (secondary N) is 1. The second-order valence-corrected chi connectivity index (χ2v) is 7.60. The number of hydrogen-bond donors (Lipinski definition) is 1. The number of amides is 2. The highest BCUT2D eigenvalue weighted by atomic mass is 35.5. The molecule has 35 heavy (non-hydrogen) atoms. The maximum atomic E-state index is 12.4. The number of morpholine rings is 1. The molecule has 1 N–H and O–H groups in total. The Balaban J connectivity index is 1.54. The predicted octanol–water partition coefficient (Wildman–Crippen LogP) is 2.29. The van der Waals surface area contributed by atoms with Gasteiger partial charge >= 0.3 is 5.97 Å². The minimum absolute atomic E-state index is 0.0775. The molecule has 1 fully saturated rings. The van der Waals surface area contributed by atoms with Crippen LogP contribution in [0, 0.1) is 10.1 Å². The molecule has 13 heteroatoms. The second-order valence-electron chi connectivity index (χ2n) is 7.20.